The third-order valence-electron chi connectivity index (χ3n) is 3.28. The second-order valence-electron chi connectivity index (χ2n) is 4.58. The lowest BCUT2D eigenvalue weighted by atomic mass is 9.99. The zero-order chi connectivity index (χ0) is 10.2. The van der Waals surface area contributed by atoms with E-state index in [4.69, 9.17) is 4.74 Å². The summed E-state index contributed by atoms with van der Waals surface area (Å²) in [5.74, 6) is 1.03. The highest BCUT2D eigenvalue weighted by molar-refractivity contribution is 4.70. The van der Waals surface area contributed by atoms with Crippen molar-refractivity contribution >= 4 is 0 Å². The number of hydrogen-bond acceptors (Lipinski definition) is 2. The standard InChI is InChI=1S/C12H25NO/c1-11(13-9-10-14-2)7-8-12-5-3-4-6-12/h11-13H,3-10H2,1-2H3. The lowest BCUT2D eigenvalue weighted by molar-refractivity contribution is 0.195. The normalized spacial score (nSPS) is 20.1. The first kappa shape index (κ1) is 12.0. The molecule has 1 aliphatic rings. The summed E-state index contributed by atoms with van der Waals surface area (Å²) in [7, 11) is 1.75. The molecule has 0 radical (unpaired) electrons. The highest BCUT2D eigenvalue weighted by Crippen LogP contribution is 2.28. The zero-order valence-corrected chi connectivity index (χ0v) is 9.72. The summed E-state index contributed by atoms with van der Waals surface area (Å²) in [6, 6.07) is 0.658. The predicted molar refractivity (Wildman–Crippen MR) is 60.5 cm³/mol. The molecule has 1 aliphatic carbocycles. The van der Waals surface area contributed by atoms with Crippen LogP contribution in [0.5, 0.6) is 0 Å². The van der Waals surface area contributed by atoms with Gasteiger partial charge in [0, 0.05) is 19.7 Å². The second-order valence-corrected chi connectivity index (χ2v) is 4.58. The van der Waals surface area contributed by atoms with Crippen molar-refractivity contribution in [1.29, 1.82) is 0 Å². The molecule has 14 heavy (non-hydrogen) atoms. The Morgan fingerprint density at radius 3 is 2.71 bits per heavy atom. The number of rotatable bonds is 7. The molecule has 0 saturated heterocycles. The van der Waals surface area contributed by atoms with Gasteiger partial charge in [-0.05, 0) is 25.7 Å². The molecule has 84 valence electrons. The Kier molecular flexibility index (Phi) is 6.20. The average molecular weight is 199 g/mol. The quantitative estimate of drug-likeness (QED) is 0.636. The maximum absolute atomic E-state index is 5.01. The van der Waals surface area contributed by atoms with Gasteiger partial charge in [0.25, 0.3) is 0 Å². The van der Waals surface area contributed by atoms with Gasteiger partial charge >= 0.3 is 0 Å². The number of ether oxygens (including phenoxy) is 1. The van der Waals surface area contributed by atoms with Crippen LogP contribution in [0.2, 0.25) is 0 Å². The van der Waals surface area contributed by atoms with Crippen molar-refractivity contribution in [2.24, 2.45) is 5.92 Å². The first-order chi connectivity index (χ1) is 6.83. The van der Waals surface area contributed by atoms with Gasteiger partial charge in [-0.3, -0.25) is 0 Å². The van der Waals surface area contributed by atoms with Crippen LogP contribution >= 0.6 is 0 Å². The van der Waals surface area contributed by atoms with Crippen molar-refractivity contribution in [2.75, 3.05) is 20.3 Å². The van der Waals surface area contributed by atoms with Crippen LogP contribution in [-0.4, -0.2) is 26.3 Å². The van der Waals surface area contributed by atoms with Crippen LogP contribution in [0, 0.1) is 5.92 Å². The Hall–Kier alpha value is -0.0800. The highest BCUT2D eigenvalue weighted by Gasteiger charge is 2.15. The Labute approximate surface area is 88.4 Å². The second kappa shape index (κ2) is 7.24. The van der Waals surface area contributed by atoms with Crippen LogP contribution in [-0.2, 0) is 4.74 Å². The van der Waals surface area contributed by atoms with Gasteiger partial charge in [-0.2, -0.15) is 0 Å². The van der Waals surface area contributed by atoms with E-state index in [2.05, 4.69) is 12.2 Å². The molecule has 0 aromatic rings. The van der Waals surface area contributed by atoms with E-state index in [-0.39, 0.29) is 0 Å². The Balaban J connectivity index is 1.93. The molecule has 2 nitrogen and oxygen atoms in total. The van der Waals surface area contributed by atoms with Crippen molar-refractivity contribution in [3.8, 4) is 0 Å². The molecule has 1 fully saturated rings. The van der Waals surface area contributed by atoms with E-state index >= 15 is 0 Å². The Bertz CT molecular complexity index is 132. The van der Waals surface area contributed by atoms with E-state index in [1.54, 1.807) is 7.11 Å². The van der Waals surface area contributed by atoms with Crippen LogP contribution in [0.15, 0.2) is 0 Å². The summed E-state index contributed by atoms with van der Waals surface area (Å²) in [6.07, 6.45) is 8.64. The molecule has 1 rings (SSSR count). The summed E-state index contributed by atoms with van der Waals surface area (Å²) in [5, 5.41) is 3.48. The molecule has 0 aromatic heterocycles. The van der Waals surface area contributed by atoms with Gasteiger partial charge in [0.1, 0.15) is 0 Å². The minimum atomic E-state index is 0.658. The Morgan fingerprint density at radius 1 is 1.36 bits per heavy atom. The van der Waals surface area contributed by atoms with Crippen LogP contribution in [0.25, 0.3) is 0 Å². The minimum absolute atomic E-state index is 0.658. The molecule has 1 atom stereocenters. The van der Waals surface area contributed by atoms with Crippen molar-refractivity contribution in [3.05, 3.63) is 0 Å². The summed E-state index contributed by atoms with van der Waals surface area (Å²) in [4.78, 5) is 0. The van der Waals surface area contributed by atoms with Crippen molar-refractivity contribution in [3.63, 3.8) is 0 Å². The molecule has 0 aromatic carbocycles. The first-order valence-corrected chi connectivity index (χ1v) is 6.05. The van der Waals surface area contributed by atoms with Gasteiger partial charge in [-0.25, -0.2) is 0 Å². The van der Waals surface area contributed by atoms with E-state index in [0.29, 0.717) is 6.04 Å². The first-order valence-electron chi connectivity index (χ1n) is 6.05. The molecule has 2 heteroatoms. The van der Waals surface area contributed by atoms with Crippen molar-refractivity contribution in [1.82, 2.24) is 5.32 Å². The van der Waals surface area contributed by atoms with E-state index in [0.717, 1.165) is 19.1 Å². The van der Waals surface area contributed by atoms with Gasteiger partial charge in [-0.1, -0.05) is 25.7 Å². The molecule has 1 N–H and O–H groups in total. The maximum atomic E-state index is 5.01. The molecule has 0 bridgehead atoms. The molecule has 0 spiro atoms. The summed E-state index contributed by atoms with van der Waals surface area (Å²) in [6.45, 7) is 4.10. The van der Waals surface area contributed by atoms with Crippen LogP contribution < -0.4 is 5.32 Å². The topological polar surface area (TPSA) is 21.3 Å². The van der Waals surface area contributed by atoms with Gasteiger partial charge in [0.15, 0.2) is 0 Å². The fraction of sp³-hybridized carbons (Fsp3) is 1.00. The molecule has 0 amide bonds. The van der Waals surface area contributed by atoms with Gasteiger partial charge in [-0.15, -0.1) is 0 Å². The molecule has 1 saturated carbocycles. The van der Waals surface area contributed by atoms with E-state index < -0.39 is 0 Å². The molecular formula is C12H25NO. The largest absolute Gasteiger partial charge is 0.383 e. The average Bonchev–Trinajstić information content (AvgIpc) is 2.68. The van der Waals surface area contributed by atoms with Crippen molar-refractivity contribution in [2.45, 2.75) is 51.5 Å². The van der Waals surface area contributed by atoms with E-state index in [9.17, 15) is 0 Å². The number of methoxy groups -OCH3 is 1. The van der Waals surface area contributed by atoms with E-state index in [1.807, 2.05) is 0 Å². The summed E-state index contributed by atoms with van der Waals surface area (Å²) >= 11 is 0. The van der Waals surface area contributed by atoms with E-state index in [1.165, 1.54) is 38.5 Å². The summed E-state index contributed by atoms with van der Waals surface area (Å²) < 4.78 is 5.01. The van der Waals surface area contributed by atoms with Crippen LogP contribution in [0.4, 0.5) is 0 Å². The molecule has 1 unspecified atom stereocenters. The fourth-order valence-corrected chi connectivity index (χ4v) is 2.29. The fourth-order valence-electron chi connectivity index (χ4n) is 2.29. The lowest BCUT2D eigenvalue weighted by Gasteiger charge is -2.15. The SMILES string of the molecule is COCCNC(C)CCC1CCCC1. The minimum Gasteiger partial charge on any atom is -0.383 e. The number of nitrogens with one attached hydrogen (secondary N) is 1. The molecule has 0 heterocycles. The molecule has 0 aliphatic heterocycles. The van der Waals surface area contributed by atoms with Crippen molar-refractivity contribution < 1.29 is 4.74 Å². The third-order valence-corrected chi connectivity index (χ3v) is 3.28. The van der Waals surface area contributed by atoms with Gasteiger partial charge in [0.2, 0.25) is 0 Å². The van der Waals surface area contributed by atoms with Gasteiger partial charge < -0.3 is 10.1 Å². The predicted octanol–water partition coefficient (Wildman–Crippen LogP) is 2.58. The maximum Gasteiger partial charge on any atom is 0.0587 e. The highest BCUT2D eigenvalue weighted by atomic mass is 16.5. The Morgan fingerprint density at radius 2 is 2.07 bits per heavy atom. The monoisotopic (exact) mass is 199 g/mol. The van der Waals surface area contributed by atoms with Crippen LogP contribution in [0.3, 0.4) is 0 Å². The lowest BCUT2D eigenvalue weighted by Crippen LogP contribution is -2.29. The third kappa shape index (κ3) is 4.97. The van der Waals surface area contributed by atoms with Gasteiger partial charge in [0.05, 0.1) is 6.61 Å². The number of hydrogen-bond donors (Lipinski definition) is 1. The smallest absolute Gasteiger partial charge is 0.0587 e. The zero-order valence-electron chi connectivity index (χ0n) is 9.72. The van der Waals surface area contributed by atoms with Crippen LogP contribution in [0.1, 0.15) is 45.4 Å². The summed E-state index contributed by atoms with van der Waals surface area (Å²) in [5.41, 5.74) is 0. The molecular weight excluding hydrogens is 174 g/mol.